The standard InChI is InChI=1S/C22H31N5O2/c1-16-17(2)29-20(26-16)14-24-22(23-3)25-15-21(28)27-11-9-19(10-12-27)13-18-7-5-4-6-8-18/h4-8,19H,9-15H2,1-3H3,(H2,23,24,25). The van der Waals surface area contributed by atoms with E-state index in [1.54, 1.807) is 7.05 Å². The molecule has 0 bridgehead atoms. The molecule has 156 valence electrons. The average molecular weight is 398 g/mol. The highest BCUT2D eigenvalue weighted by Gasteiger charge is 2.23. The van der Waals surface area contributed by atoms with E-state index in [2.05, 4.69) is 44.9 Å². The molecule has 2 N–H and O–H groups in total. The van der Waals surface area contributed by atoms with Crippen LogP contribution < -0.4 is 10.6 Å². The van der Waals surface area contributed by atoms with Gasteiger partial charge < -0.3 is 20.0 Å². The fraction of sp³-hybridized carbons (Fsp3) is 0.500. The Kier molecular flexibility index (Phi) is 7.27. The molecule has 0 aliphatic carbocycles. The van der Waals surface area contributed by atoms with Gasteiger partial charge in [-0.2, -0.15) is 0 Å². The number of piperidine rings is 1. The number of carbonyl (C=O) groups excluding carboxylic acids is 1. The minimum atomic E-state index is 0.105. The van der Waals surface area contributed by atoms with Gasteiger partial charge >= 0.3 is 0 Å². The Morgan fingerprint density at radius 2 is 1.93 bits per heavy atom. The highest BCUT2D eigenvalue weighted by atomic mass is 16.4. The van der Waals surface area contributed by atoms with E-state index in [0.29, 0.717) is 24.3 Å². The summed E-state index contributed by atoms with van der Waals surface area (Å²) in [6, 6.07) is 10.6. The number of likely N-dealkylation sites (tertiary alicyclic amines) is 1. The zero-order valence-corrected chi connectivity index (χ0v) is 17.6. The van der Waals surface area contributed by atoms with E-state index in [9.17, 15) is 4.79 Å². The summed E-state index contributed by atoms with van der Waals surface area (Å²) in [5.41, 5.74) is 2.26. The molecule has 0 saturated carbocycles. The van der Waals surface area contributed by atoms with E-state index in [1.165, 1.54) is 5.56 Å². The number of oxazole rings is 1. The van der Waals surface area contributed by atoms with Crippen molar-refractivity contribution in [3.05, 3.63) is 53.2 Å². The largest absolute Gasteiger partial charge is 0.444 e. The second-order valence-electron chi connectivity index (χ2n) is 7.54. The normalized spacial score (nSPS) is 15.4. The Hall–Kier alpha value is -2.83. The third kappa shape index (κ3) is 6.07. The molecule has 7 heteroatoms. The molecule has 1 aliphatic rings. The summed E-state index contributed by atoms with van der Waals surface area (Å²) in [4.78, 5) is 23.0. The van der Waals surface area contributed by atoms with Crippen molar-refractivity contribution in [3.8, 4) is 0 Å². The Bertz CT molecular complexity index is 803. The van der Waals surface area contributed by atoms with Gasteiger partial charge in [-0.3, -0.25) is 9.79 Å². The van der Waals surface area contributed by atoms with Crippen molar-refractivity contribution < 1.29 is 9.21 Å². The van der Waals surface area contributed by atoms with Crippen LogP contribution in [0.15, 0.2) is 39.7 Å². The molecule has 0 unspecified atom stereocenters. The third-order valence-electron chi connectivity index (χ3n) is 5.44. The summed E-state index contributed by atoms with van der Waals surface area (Å²) in [6.07, 6.45) is 3.20. The molecule has 1 aliphatic heterocycles. The molecule has 1 amide bonds. The minimum Gasteiger partial charge on any atom is -0.444 e. The molecule has 0 radical (unpaired) electrons. The maximum atomic E-state index is 12.6. The van der Waals surface area contributed by atoms with Crippen LogP contribution in [0.3, 0.4) is 0 Å². The van der Waals surface area contributed by atoms with E-state index < -0.39 is 0 Å². The van der Waals surface area contributed by atoms with Gasteiger partial charge in [0.2, 0.25) is 11.8 Å². The second kappa shape index (κ2) is 10.1. The molecule has 0 spiro atoms. The number of benzene rings is 1. The predicted octanol–water partition coefficient (Wildman–Crippen LogP) is 2.44. The van der Waals surface area contributed by atoms with Gasteiger partial charge in [-0.25, -0.2) is 4.98 Å². The first kappa shape index (κ1) is 20.9. The summed E-state index contributed by atoms with van der Waals surface area (Å²) < 4.78 is 5.55. The third-order valence-corrected chi connectivity index (χ3v) is 5.44. The van der Waals surface area contributed by atoms with Gasteiger partial charge in [0, 0.05) is 20.1 Å². The monoisotopic (exact) mass is 397 g/mol. The quantitative estimate of drug-likeness (QED) is 0.578. The summed E-state index contributed by atoms with van der Waals surface area (Å²) >= 11 is 0. The zero-order valence-electron chi connectivity index (χ0n) is 17.6. The van der Waals surface area contributed by atoms with Gasteiger partial charge in [0.1, 0.15) is 5.76 Å². The van der Waals surface area contributed by atoms with Gasteiger partial charge in [-0.05, 0) is 44.6 Å². The molecule has 1 fully saturated rings. The van der Waals surface area contributed by atoms with Gasteiger partial charge in [0.05, 0.1) is 18.8 Å². The molecule has 3 rings (SSSR count). The van der Waals surface area contributed by atoms with E-state index in [4.69, 9.17) is 4.42 Å². The highest BCUT2D eigenvalue weighted by Crippen LogP contribution is 2.21. The van der Waals surface area contributed by atoms with Crippen molar-refractivity contribution in [2.75, 3.05) is 26.7 Å². The average Bonchev–Trinajstić information content (AvgIpc) is 3.06. The maximum absolute atomic E-state index is 12.6. The first-order valence-electron chi connectivity index (χ1n) is 10.2. The van der Waals surface area contributed by atoms with E-state index in [-0.39, 0.29) is 12.5 Å². The molecule has 1 aromatic carbocycles. The smallest absolute Gasteiger partial charge is 0.241 e. The lowest BCUT2D eigenvalue weighted by atomic mass is 9.90. The number of nitrogens with one attached hydrogen (secondary N) is 2. The SMILES string of the molecule is CN=C(NCC(=O)N1CCC(Cc2ccccc2)CC1)NCc1nc(C)c(C)o1. The summed E-state index contributed by atoms with van der Waals surface area (Å²) in [6.45, 7) is 6.09. The predicted molar refractivity (Wildman–Crippen MR) is 114 cm³/mol. The van der Waals surface area contributed by atoms with E-state index in [0.717, 1.165) is 43.8 Å². The number of aryl methyl sites for hydroxylation is 2. The first-order chi connectivity index (χ1) is 14.0. The molecular weight excluding hydrogens is 366 g/mol. The summed E-state index contributed by atoms with van der Waals surface area (Å²) in [5.74, 6) is 2.74. The summed E-state index contributed by atoms with van der Waals surface area (Å²) in [7, 11) is 1.68. The van der Waals surface area contributed by atoms with Crippen LogP contribution in [-0.2, 0) is 17.8 Å². The van der Waals surface area contributed by atoms with E-state index in [1.807, 2.05) is 24.8 Å². The van der Waals surface area contributed by atoms with Gasteiger partial charge in [0.15, 0.2) is 5.96 Å². The van der Waals surface area contributed by atoms with Crippen LogP contribution in [0.1, 0.15) is 35.7 Å². The van der Waals surface area contributed by atoms with Crippen molar-refractivity contribution in [2.24, 2.45) is 10.9 Å². The van der Waals surface area contributed by atoms with Crippen LogP contribution in [0.2, 0.25) is 0 Å². The first-order valence-corrected chi connectivity index (χ1v) is 10.2. The van der Waals surface area contributed by atoms with Crippen molar-refractivity contribution in [1.82, 2.24) is 20.5 Å². The molecule has 2 heterocycles. The number of hydrogen-bond donors (Lipinski definition) is 2. The van der Waals surface area contributed by atoms with Crippen LogP contribution in [0.4, 0.5) is 0 Å². The van der Waals surface area contributed by atoms with Gasteiger partial charge in [-0.15, -0.1) is 0 Å². The lowest BCUT2D eigenvalue weighted by Gasteiger charge is -2.32. The van der Waals surface area contributed by atoms with Crippen LogP contribution in [0, 0.1) is 19.8 Å². The number of hydrogen-bond acceptors (Lipinski definition) is 4. The highest BCUT2D eigenvalue weighted by molar-refractivity contribution is 5.86. The molecule has 29 heavy (non-hydrogen) atoms. The van der Waals surface area contributed by atoms with Gasteiger partial charge in [-0.1, -0.05) is 30.3 Å². The van der Waals surface area contributed by atoms with Crippen LogP contribution in [-0.4, -0.2) is 48.4 Å². The Morgan fingerprint density at radius 1 is 1.21 bits per heavy atom. The molecular formula is C22H31N5O2. The van der Waals surface area contributed by atoms with Crippen LogP contribution in [0.5, 0.6) is 0 Å². The molecule has 2 aromatic rings. The second-order valence-corrected chi connectivity index (χ2v) is 7.54. The fourth-order valence-corrected chi connectivity index (χ4v) is 3.60. The molecule has 1 aromatic heterocycles. The Labute approximate surface area is 172 Å². The number of rotatable bonds is 6. The zero-order chi connectivity index (χ0) is 20.6. The number of amides is 1. The summed E-state index contributed by atoms with van der Waals surface area (Å²) in [5, 5.41) is 6.22. The minimum absolute atomic E-state index is 0.105. The van der Waals surface area contributed by atoms with Crippen LogP contribution in [0.25, 0.3) is 0 Å². The number of nitrogens with zero attached hydrogens (tertiary/aromatic N) is 3. The lowest BCUT2D eigenvalue weighted by Crippen LogP contribution is -2.46. The topological polar surface area (TPSA) is 82.8 Å². The Balaban J connectivity index is 1.38. The van der Waals surface area contributed by atoms with Crippen molar-refractivity contribution in [3.63, 3.8) is 0 Å². The van der Waals surface area contributed by atoms with Gasteiger partial charge in [0.25, 0.3) is 0 Å². The number of aliphatic imine (C=N–C) groups is 1. The number of guanidine groups is 1. The maximum Gasteiger partial charge on any atom is 0.241 e. The Morgan fingerprint density at radius 3 is 2.55 bits per heavy atom. The molecule has 7 nitrogen and oxygen atoms in total. The molecule has 0 atom stereocenters. The van der Waals surface area contributed by atoms with Crippen LogP contribution >= 0.6 is 0 Å². The molecule has 1 saturated heterocycles. The van der Waals surface area contributed by atoms with E-state index >= 15 is 0 Å². The fourth-order valence-electron chi connectivity index (χ4n) is 3.60. The van der Waals surface area contributed by atoms with Crippen molar-refractivity contribution >= 4 is 11.9 Å². The van der Waals surface area contributed by atoms with Crippen molar-refractivity contribution in [2.45, 2.75) is 39.7 Å². The van der Waals surface area contributed by atoms with Crippen molar-refractivity contribution in [1.29, 1.82) is 0 Å². The lowest BCUT2D eigenvalue weighted by molar-refractivity contribution is -0.131. The number of aromatic nitrogens is 1. The number of carbonyl (C=O) groups is 1.